The first kappa shape index (κ1) is 14.8. The van der Waals surface area contributed by atoms with E-state index in [9.17, 15) is 4.79 Å². The Balaban J connectivity index is 2.64. The first-order valence-corrected chi connectivity index (χ1v) is 6.16. The molecular weight excluding hydrogens is 275 g/mol. The third kappa shape index (κ3) is 4.96. The summed E-state index contributed by atoms with van der Waals surface area (Å²) in [7, 11) is 0. The van der Waals surface area contributed by atoms with Crippen LogP contribution in [0.3, 0.4) is 0 Å². The number of amides is 1. The molecule has 1 aromatic carbocycles. The molecule has 3 N–H and O–H groups in total. The number of carbonyl (C=O) groups excluding carboxylic acids is 1. The fourth-order valence-corrected chi connectivity index (χ4v) is 1.41. The minimum atomic E-state index is -0.230. The van der Waals surface area contributed by atoms with Gasteiger partial charge in [0.15, 0.2) is 0 Å². The van der Waals surface area contributed by atoms with Crippen molar-refractivity contribution in [2.45, 2.75) is 0 Å². The molecule has 4 nitrogen and oxygen atoms in total. The van der Waals surface area contributed by atoms with E-state index in [1.54, 1.807) is 18.2 Å². The second kappa shape index (κ2) is 7.97. The molecule has 0 spiro atoms. The van der Waals surface area contributed by atoms with E-state index in [1.807, 2.05) is 6.07 Å². The maximum Gasteiger partial charge on any atom is 0.251 e. The molecule has 1 rings (SSSR count). The van der Waals surface area contributed by atoms with Gasteiger partial charge in [0.25, 0.3) is 5.91 Å². The van der Waals surface area contributed by atoms with E-state index in [1.165, 1.54) is 5.54 Å². The van der Waals surface area contributed by atoms with E-state index in [0.29, 0.717) is 17.1 Å². The zero-order valence-electron chi connectivity index (χ0n) is 9.62. The molecule has 0 fully saturated rings. The summed E-state index contributed by atoms with van der Waals surface area (Å²) in [6.07, 6.45) is 0. The van der Waals surface area contributed by atoms with Crippen molar-refractivity contribution in [2.24, 2.45) is 0 Å². The van der Waals surface area contributed by atoms with Crippen LogP contribution in [-0.2, 0) is 0 Å². The van der Waals surface area contributed by atoms with Gasteiger partial charge in [-0.2, -0.15) is 0 Å². The van der Waals surface area contributed by atoms with Crippen molar-refractivity contribution >= 4 is 34.8 Å². The molecule has 0 saturated heterocycles. The van der Waals surface area contributed by atoms with Crippen LogP contribution in [0.4, 0.5) is 5.69 Å². The number of carbonyl (C=O) groups is 1. The van der Waals surface area contributed by atoms with Crippen molar-refractivity contribution in [3.63, 3.8) is 0 Å². The lowest BCUT2D eigenvalue weighted by Gasteiger charge is -2.08. The third-order valence-electron chi connectivity index (χ3n) is 2.10. The molecule has 18 heavy (non-hydrogen) atoms. The van der Waals surface area contributed by atoms with Crippen LogP contribution in [0, 0.1) is 0 Å². The minimum absolute atomic E-state index is 0.0835. The number of benzene rings is 1. The van der Waals surface area contributed by atoms with Crippen molar-refractivity contribution in [1.29, 1.82) is 0 Å². The van der Waals surface area contributed by atoms with E-state index in [4.69, 9.17) is 28.3 Å². The Bertz CT molecular complexity index is 436. The number of anilines is 1. The van der Waals surface area contributed by atoms with Gasteiger partial charge in [0.1, 0.15) is 0 Å². The average molecular weight is 289 g/mol. The molecular formula is C12H14Cl2N2O2. The zero-order valence-corrected chi connectivity index (χ0v) is 11.1. The van der Waals surface area contributed by atoms with Crippen molar-refractivity contribution < 1.29 is 9.90 Å². The largest absolute Gasteiger partial charge is 0.395 e. The predicted molar refractivity (Wildman–Crippen MR) is 74.1 cm³/mol. The second-order valence-corrected chi connectivity index (χ2v) is 4.17. The highest BCUT2D eigenvalue weighted by molar-refractivity contribution is 6.36. The first-order valence-electron chi connectivity index (χ1n) is 5.35. The monoisotopic (exact) mass is 288 g/mol. The normalized spacial score (nSPS) is 11.2. The van der Waals surface area contributed by atoms with Crippen molar-refractivity contribution in [1.82, 2.24) is 5.32 Å². The smallest absolute Gasteiger partial charge is 0.251 e. The summed E-state index contributed by atoms with van der Waals surface area (Å²) in [4.78, 5) is 11.6. The van der Waals surface area contributed by atoms with Crippen molar-refractivity contribution in [2.75, 3.05) is 25.0 Å². The van der Waals surface area contributed by atoms with Crippen LogP contribution in [0.1, 0.15) is 10.4 Å². The van der Waals surface area contributed by atoms with Crippen LogP contribution >= 0.6 is 23.2 Å². The highest BCUT2D eigenvalue weighted by Crippen LogP contribution is 2.12. The molecule has 0 heterocycles. The SMILES string of the molecule is O=C(NCCO)c1cccc(NC/C(Cl)=C/Cl)c1. The quantitative estimate of drug-likeness (QED) is 0.752. The Labute approximate surface area is 116 Å². The van der Waals surface area contributed by atoms with Gasteiger partial charge in [0.05, 0.1) is 13.2 Å². The summed E-state index contributed by atoms with van der Waals surface area (Å²) in [5, 5.41) is 14.7. The van der Waals surface area contributed by atoms with E-state index in [2.05, 4.69) is 10.6 Å². The summed E-state index contributed by atoms with van der Waals surface area (Å²) in [6.45, 7) is 0.546. The number of hydrogen-bond acceptors (Lipinski definition) is 3. The van der Waals surface area contributed by atoms with E-state index in [-0.39, 0.29) is 19.1 Å². The topological polar surface area (TPSA) is 61.4 Å². The maximum absolute atomic E-state index is 11.6. The number of hydrogen-bond donors (Lipinski definition) is 3. The molecule has 0 atom stereocenters. The number of nitrogens with one attached hydrogen (secondary N) is 2. The van der Waals surface area contributed by atoms with Gasteiger partial charge in [-0.25, -0.2) is 0 Å². The number of halogens is 2. The number of rotatable bonds is 6. The Hall–Kier alpha value is -1.23. The molecule has 0 aliphatic carbocycles. The summed E-state index contributed by atoms with van der Waals surface area (Å²) in [5.41, 5.74) is 2.56. The second-order valence-electron chi connectivity index (χ2n) is 3.47. The number of aliphatic hydroxyl groups is 1. The first-order chi connectivity index (χ1) is 8.67. The van der Waals surface area contributed by atoms with Gasteiger partial charge >= 0.3 is 0 Å². The molecule has 98 valence electrons. The summed E-state index contributed by atoms with van der Waals surface area (Å²) in [6, 6.07) is 6.97. The maximum atomic E-state index is 11.6. The van der Waals surface area contributed by atoms with Gasteiger partial charge in [0.2, 0.25) is 0 Å². The van der Waals surface area contributed by atoms with Crippen LogP contribution in [0.25, 0.3) is 0 Å². The average Bonchev–Trinajstić information content (AvgIpc) is 2.42. The minimum Gasteiger partial charge on any atom is -0.395 e. The summed E-state index contributed by atoms with van der Waals surface area (Å²) >= 11 is 11.2. The van der Waals surface area contributed by atoms with Gasteiger partial charge in [-0.15, -0.1) is 0 Å². The fourth-order valence-electron chi connectivity index (χ4n) is 1.27. The molecule has 0 aliphatic rings. The lowest BCUT2D eigenvalue weighted by molar-refractivity contribution is 0.0945. The van der Waals surface area contributed by atoms with E-state index < -0.39 is 0 Å². The lowest BCUT2D eigenvalue weighted by Crippen LogP contribution is -2.26. The van der Waals surface area contributed by atoms with Crippen LogP contribution in [0.5, 0.6) is 0 Å². The molecule has 1 amide bonds. The molecule has 0 bridgehead atoms. The van der Waals surface area contributed by atoms with Gasteiger partial charge in [-0.3, -0.25) is 4.79 Å². The molecule has 0 unspecified atom stereocenters. The Morgan fingerprint density at radius 1 is 1.44 bits per heavy atom. The van der Waals surface area contributed by atoms with Crippen molar-refractivity contribution in [3.05, 3.63) is 40.4 Å². The number of aliphatic hydroxyl groups excluding tert-OH is 1. The van der Waals surface area contributed by atoms with Gasteiger partial charge < -0.3 is 15.7 Å². The lowest BCUT2D eigenvalue weighted by atomic mass is 10.2. The Morgan fingerprint density at radius 3 is 2.89 bits per heavy atom. The van der Waals surface area contributed by atoms with Gasteiger partial charge in [-0.05, 0) is 18.2 Å². The van der Waals surface area contributed by atoms with Crippen LogP contribution in [-0.4, -0.2) is 30.7 Å². The third-order valence-corrected chi connectivity index (χ3v) is 2.72. The van der Waals surface area contributed by atoms with Gasteiger partial charge in [-0.1, -0.05) is 29.3 Å². The predicted octanol–water partition coefficient (Wildman–Crippen LogP) is 2.14. The highest BCUT2D eigenvalue weighted by Gasteiger charge is 2.05. The molecule has 0 aromatic heterocycles. The molecule has 0 saturated carbocycles. The molecule has 0 radical (unpaired) electrons. The van der Waals surface area contributed by atoms with E-state index >= 15 is 0 Å². The summed E-state index contributed by atoms with van der Waals surface area (Å²) in [5.74, 6) is -0.230. The van der Waals surface area contributed by atoms with Crippen molar-refractivity contribution in [3.8, 4) is 0 Å². The highest BCUT2D eigenvalue weighted by atomic mass is 35.5. The Kier molecular flexibility index (Phi) is 6.57. The standard InChI is InChI=1S/C12H14Cl2N2O2/c13-7-10(14)8-16-11-3-1-2-9(6-11)12(18)15-4-5-17/h1-3,6-7,16-17H,4-5,8H2,(H,15,18)/b10-7-. The molecule has 1 aromatic rings. The van der Waals surface area contributed by atoms with Crippen LogP contribution in [0.15, 0.2) is 34.8 Å². The fraction of sp³-hybridized carbons (Fsp3) is 0.250. The summed E-state index contributed by atoms with van der Waals surface area (Å²) < 4.78 is 0. The van der Waals surface area contributed by atoms with Crippen LogP contribution in [0.2, 0.25) is 0 Å². The van der Waals surface area contributed by atoms with Crippen LogP contribution < -0.4 is 10.6 Å². The van der Waals surface area contributed by atoms with Gasteiger partial charge in [0, 0.05) is 28.4 Å². The Morgan fingerprint density at radius 2 is 2.22 bits per heavy atom. The van der Waals surface area contributed by atoms with E-state index in [0.717, 1.165) is 5.69 Å². The molecule has 0 aliphatic heterocycles. The molecule has 6 heteroatoms. The zero-order chi connectivity index (χ0) is 13.4.